The highest BCUT2D eigenvalue weighted by atomic mass is 79.9. The summed E-state index contributed by atoms with van der Waals surface area (Å²) in [7, 11) is 0. The van der Waals surface area contributed by atoms with Gasteiger partial charge >= 0.3 is 5.69 Å². The predicted octanol–water partition coefficient (Wildman–Crippen LogP) is 3.26. The van der Waals surface area contributed by atoms with Crippen molar-refractivity contribution in [3.63, 3.8) is 0 Å². The van der Waals surface area contributed by atoms with Crippen LogP contribution in [-0.4, -0.2) is 14.9 Å². The lowest BCUT2D eigenvalue weighted by molar-refractivity contribution is -0.384. The Balaban J connectivity index is 2.35. The molecule has 0 aliphatic rings. The van der Waals surface area contributed by atoms with Gasteiger partial charge in [0.05, 0.1) is 10.6 Å². The van der Waals surface area contributed by atoms with E-state index < -0.39 is 4.92 Å². The Morgan fingerprint density at radius 1 is 1.59 bits per heavy atom. The summed E-state index contributed by atoms with van der Waals surface area (Å²) in [4.78, 5) is 18.5. The lowest BCUT2D eigenvalue weighted by Crippen LogP contribution is -1.99. The number of rotatable bonds is 3. The van der Waals surface area contributed by atoms with Gasteiger partial charge in [-0.25, -0.2) is 9.97 Å². The molecular weight excluding hydrogens is 308 g/mol. The molecule has 0 saturated carbocycles. The molecule has 2 aromatic rings. The Morgan fingerprint density at radius 2 is 2.35 bits per heavy atom. The first-order chi connectivity index (χ1) is 8.06. The van der Waals surface area contributed by atoms with Crippen LogP contribution in [0.4, 0.5) is 16.6 Å². The summed E-state index contributed by atoms with van der Waals surface area (Å²) in [5.74, 6) is 0.188. The van der Waals surface area contributed by atoms with Crippen LogP contribution in [0.2, 0.25) is 0 Å². The van der Waals surface area contributed by atoms with Crippen LogP contribution in [0.3, 0.4) is 0 Å². The molecule has 88 valence electrons. The van der Waals surface area contributed by atoms with Crippen molar-refractivity contribution >= 4 is 43.9 Å². The van der Waals surface area contributed by atoms with Crippen LogP contribution in [0.5, 0.6) is 0 Å². The number of aryl methyl sites for hydroxylation is 1. The third-order valence-corrected chi connectivity index (χ3v) is 3.18. The molecule has 0 saturated heterocycles. The van der Waals surface area contributed by atoms with Crippen LogP contribution in [0.1, 0.15) is 5.69 Å². The number of thiazole rings is 1. The molecule has 0 fully saturated rings. The molecule has 0 atom stereocenters. The highest BCUT2D eigenvalue weighted by Gasteiger charge is 2.16. The molecule has 6 nitrogen and oxygen atoms in total. The first-order valence-corrected chi connectivity index (χ1v) is 6.22. The maximum Gasteiger partial charge on any atom is 0.312 e. The molecule has 0 aliphatic heterocycles. The number of aromatic nitrogens is 2. The van der Waals surface area contributed by atoms with Crippen molar-refractivity contribution in [2.24, 2.45) is 0 Å². The largest absolute Gasteiger partial charge is 0.312 e. The van der Waals surface area contributed by atoms with Gasteiger partial charge < -0.3 is 5.32 Å². The smallest absolute Gasteiger partial charge is 0.310 e. The summed E-state index contributed by atoms with van der Waals surface area (Å²) in [6.07, 6.45) is 1.50. The summed E-state index contributed by atoms with van der Waals surface area (Å²) in [6, 6.07) is 1.40. The second-order valence-electron chi connectivity index (χ2n) is 3.20. The van der Waals surface area contributed by atoms with Crippen LogP contribution < -0.4 is 5.32 Å². The van der Waals surface area contributed by atoms with E-state index in [1.54, 1.807) is 0 Å². The molecule has 0 spiro atoms. The molecule has 2 heterocycles. The van der Waals surface area contributed by atoms with Crippen molar-refractivity contribution in [1.29, 1.82) is 0 Å². The molecule has 17 heavy (non-hydrogen) atoms. The number of pyridine rings is 1. The Morgan fingerprint density at radius 3 is 2.94 bits per heavy atom. The molecule has 8 heteroatoms. The maximum atomic E-state index is 10.9. The molecule has 0 aromatic carbocycles. The third kappa shape index (κ3) is 2.77. The van der Waals surface area contributed by atoms with Crippen LogP contribution in [0, 0.1) is 17.0 Å². The van der Waals surface area contributed by atoms with Crippen LogP contribution in [-0.2, 0) is 0 Å². The minimum absolute atomic E-state index is 0.0905. The van der Waals surface area contributed by atoms with Crippen molar-refractivity contribution in [2.45, 2.75) is 6.92 Å². The number of nitrogens with one attached hydrogen (secondary N) is 1. The van der Waals surface area contributed by atoms with Gasteiger partial charge in [-0.2, -0.15) is 0 Å². The van der Waals surface area contributed by atoms with Crippen LogP contribution in [0.15, 0.2) is 22.1 Å². The Labute approximate surface area is 109 Å². The quantitative estimate of drug-likeness (QED) is 0.694. The second-order valence-corrected chi connectivity index (χ2v) is 4.97. The van der Waals surface area contributed by atoms with E-state index in [-0.39, 0.29) is 11.5 Å². The number of nitrogens with zero attached hydrogens (tertiary/aromatic N) is 3. The lowest BCUT2D eigenvalue weighted by Gasteiger charge is -2.02. The van der Waals surface area contributed by atoms with Crippen molar-refractivity contribution in [1.82, 2.24) is 9.97 Å². The number of nitro groups is 1. The molecular formula is C9H7BrN4O2S. The monoisotopic (exact) mass is 314 g/mol. The fraction of sp³-hybridized carbons (Fsp3) is 0.111. The molecule has 0 radical (unpaired) electrons. The molecule has 2 rings (SSSR count). The minimum atomic E-state index is -0.486. The maximum absolute atomic E-state index is 10.9. The summed E-state index contributed by atoms with van der Waals surface area (Å²) in [5.41, 5.74) is 0.768. The Hall–Kier alpha value is -1.54. The molecule has 0 aliphatic carbocycles. The Bertz CT molecular complexity index is 572. The van der Waals surface area contributed by atoms with Crippen molar-refractivity contribution in [3.05, 3.63) is 37.9 Å². The zero-order valence-electron chi connectivity index (χ0n) is 8.68. The molecule has 0 amide bonds. The van der Waals surface area contributed by atoms with E-state index >= 15 is 0 Å². The van der Waals surface area contributed by atoms with Gasteiger partial charge in [0.15, 0.2) is 5.13 Å². The van der Waals surface area contributed by atoms with E-state index in [9.17, 15) is 10.1 Å². The summed E-state index contributed by atoms with van der Waals surface area (Å²) in [6.45, 7) is 1.85. The SMILES string of the molecule is Cc1csc(Nc2ncc(Br)cc2[N+](=O)[O-])n1. The normalized spacial score (nSPS) is 10.2. The minimum Gasteiger partial charge on any atom is -0.310 e. The van der Waals surface area contributed by atoms with Crippen LogP contribution >= 0.6 is 27.3 Å². The number of halogens is 1. The van der Waals surface area contributed by atoms with E-state index in [0.29, 0.717) is 9.60 Å². The zero-order chi connectivity index (χ0) is 12.4. The van der Waals surface area contributed by atoms with Crippen molar-refractivity contribution < 1.29 is 4.92 Å². The fourth-order valence-electron chi connectivity index (χ4n) is 1.18. The highest BCUT2D eigenvalue weighted by Crippen LogP contribution is 2.29. The van der Waals surface area contributed by atoms with E-state index in [2.05, 4.69) is 31.2 Å². The lowest BCUT2D eigenvalue weighted by atomic mass is 10.4. The third-order valence-electron chi connectivity index (χ3n) is 1.88. The summed E-state index contributed by atoms with van der Waals surface area (Å²) < 4.78 is 0.560. The van der Waals surface area contributed by atoms with E-state index in [1.807, 2.05) is 12.3 Å². The van der Waals surface area contributed by atoms with Gasteiger partial charge in [-0.05, 0) is 22.9 Å². The highest BCUT2D eigenvalue weighted by molar-refractivity contribution is 9.10. The van der Waals surface area contributed by atoms with Crippen LogP contribution in [0.25, 0.3) is 0 Å². The van der Waals surface area contributed by atoms with E-state index in [0.717, 1.165) is 5.69 Å². The fourth-order valence-corrected chi connectivity index (χ4v) is 2.18. The van der Waals surface area contributed by atoms with Gasteiger partial charge in [-0.1, -0.05) is 0 Å². The van der Waals surface area contributed by atoms with Crippen molar-refractivity contribution in [3.8, 4) is 0 Å². The summed E-state index contributed by atoms with van der Waals surface area (Å²) in [5, 5.41) is 16.1. The first-order valence-electron chi connectivity index (χ1n) is 4.55. The zero-order valence-corrected chi connectivity index (χ0v) is 11.1. The number of hydrogen-bond donors (Lipinski definition) is 1. The molecule has 0 bridgehead atoms. The van der Waals surface area contributed by atoms with Gasteiger partial charge in [0.25, 0.3) is 0 Å². The first kappa shape index (κ1) is 11.9. The van der Waals surface area contributed by atoms with Gasteiger partial charge in [0.1, 0.15) is 0 Å². The number of anilines is 2. The topological polar surface area (TPSA) is 81.0 Å². The van der Waals surface area contributed by atoms with Gasteiger partial charge in [0.2, 0.25) is 5.82 Å². The van der Waals surface area contributed by atoms with Crippen molar-refractivity contribution in [2.75, 3.05) is 5.32 Å². The summed E-state index contributed by atoms with van der Waals surface area (Å²) >= 11 is 4.52. The van der Waals surface area contributed by atoms with Gasteiger partial charge in [-0.15, -0.1) is 11.3 Å². The molecule has 2 aromatic heterocycles. The Kier molecular flexibility index (Phi) is 3.34. The van der Waals surface area contributed by atoms with Gasteiger partial charge in [-0.3, -0.25) is 10.1 Å². The number of hydrogen-bond acceptors (Lipinski definition) is 6. The predicted molar refractivity (Wildman–Crippen MR) is 68.7 cm³/mol. The van der Waals surface area contributed by atoms with E-state index in [1.165, 1.54) is 23.6 Å². The average Bonchev–Trinajstić information content (AvgIpc) is 2.66. The van der Waals surface area contributed by atoms with Gasteiger partial charge in [0, 0.05) is 22.1 Å². The standard InChI is InChI=1S/C9H7BrN4O2S/c1-5-4-17-9(12-5)13-8-7(14(15)16)2-6(10)3-11-8/h2-4H,1H3,(H,11,12,13). The van der Waals surface area contributed by atoms with E-state index in [4.69, 9.17) is 0 Å². The second kappa shape index (κ2) is 4.76. The average molecular weight is 315 g/mol. The molecule has 0 unspecified atom stereocenters. The molecule has 1 N–H and O–H groups in total.